The molecule has 0 spiro atoms. The second kappa shape index (κ2) is 2.26. The number of hydrogen-bond donors (Lipinski definition) is 0. The van der Waals surface area contributed by atoms with Crippen molar-refractivity contribution in [1.82, 2.24) is 0 Å². The summed E-state index contributed by atoms with van der Waals surface area (Å²) in [4.78, 5) is 4.61. The number of hydrogen-bond acceptors (Lipinski definition) is 2. The van der Waals surface area contributed by atoms with E-state index in [4.69, 9.17) is 0 Å². The predicted molar refractivity (Wildman–Crippen MR) is 46.7 cm³/mol. The molecule has 0 radical (unpaired) electrons. The van der Waals surface area contributed by atoms with Crippen molar-refractivity contribution in [3.05, 3.63) is 0 Å². The highest BCUT2D eigenvalue weighted by molar-refractivity contribution is 8.14. The number of rotatable bonds is 0. The molecule has 1 aliphatic heterocycles. The van der Waals surface area contributed by atoms with Crippen molar-refractivity contribution in [2.24, 2.45) is 10.9 Å². The molecule has 3 atom stereocenters. The first-order chi connectivity index (χ1) is 4.77. The zero-order valence-corrected chi connectivity index (χ0v) is 7.32. The van der Waals surface area contributed by atoms with E-state index in [1.165, 1.54) is 17.9 Å². The van der Waals surface area contributed by atoms with Gasteiger partial charge >= 0.3 is 0 Å². The van der Waals surface area contributed by atoms with Gasteiger partial charge in [-0.1, -0.05) is 6.92 Å². The molecule has 1 fully saturated rings. The van der Waals surface area contributed by atoms with Gasteiger partial charge in [-0.2, -0.15) is 0 Å². The molecule has 0 amide bonds. The Morgan fingerprint density at radius 1 is 1.50 bits per heavy atom. The SMILES string of the molecule is CC1=NC2C(C)CCC2S1. The summed E-state index contributed by atoms with van der Waals surface area (Å²) in [6, 6.07) is 0.671. The van der Waals surface area contributed by atoms with Gasteiger partial charge < -0.3 is 0 Å². The van der Waals surface area contributed by atoms with Gasteiger partial charge in [0.05, 0.1) is 11.1 Å². The van der Waals surface area contributed by atoms with Crippen molar-refractivity contribution >= 4 is 16.8 Å². The van der Waals surface area contributed by atoms with Crippen molar-refractivity contribution in [3.63, 3.8) is 0 Å². The van der Waals surface area contributed by atoms with Crippen molar-refractivity contribution in [2.45, 2.75) is 38.0 Å². The second-order valence-electron chi connectivity index (χ2n) is 3.35. The van der Waals surface area contributed by atoms with Gasteiger partial charge in [0.15, 0.2) is 0 Å². The average molecular weight is 155 g/mol. The van der Waals surface area contributed by atoms with Crippen LogP contribution in [-0.2, 0) is 0 Å². The Hall–Kier alpha value is 0.0200. The van der Waals surface area contributed by atoms with Crippen LogP contribution in [-0.4, -0.2) is 16.3 Å². The van der Waals surface area contributed by atoms with Crippen LogP contribution in [0.4, 0.5) is 0 Å². The lowest BCUT2D eigenvalue weighted by molar-refractivity contribution is 0.538. The first-order valence-corrected chi connectivity index (χ1v) is 4.86. The monoisotopic (exact) mass is 155 g/mol. The molecule has 1 saturated carbocycles. The smallest absolute Gasteiger partial charge is 0.0656 e. The van der Waals surface area contributed by atoms with E-state index in [0.717, 1.165) is 11.2 Å². The Kier molecular flexibility index (Phi) is 1.52. The molecule has 56 valence electrons. The molecular weight excluding hydrogens is 142 g/mol. The second-order valence-corrected chi connectivity index (χ2v) is 4.78. The van der Waals surface area contributed by atoms with Gasteiger partial charge in [-0.15, -0.1) is 11.8 Å². The zero-order valence-electron chi connectivity index (χ0n) is 6.50. The van der Waals surface area contributed by atoms with Crippen LogP contribution in [0.15, 0.2) is 4.99 Å². The highest BCUT2D eigenvalue weighted by Gasteiger charge is 2.37. The molecule has 10 heavy (non-hydrogen) atoms. The van der Waals surface area contributed by atoms with Crippen LogP contribution in [0.25, 0.3) is 0 Å². The molecule has 2 heteroatoms. The molecule has 2 rings (SSSR count). The molecule has 0 aromatic carbocycles. The van der Waals surface area contributed by atoms with E-state index in [-0.39, 0.29) is 0 Å². The minimum atomic E-state index is 0.671. The van der Waals surface area contributed by atoms with Crippen molar-refractivity contribution in [1.29, 1.82) is 0 Å². The molecular formula is C8H13NS. The number of fused-ring (bicyclic) bond motifs is 1. The van der Waals surface area contributed by atoms with Crippen molar-refractivity contribution in [3.8, 4) is 0 Å². The standard InChI is InChI=1S/C8H13NS/c1-5-3-4-7-8(5)9-6(2)10-7/h5,7-8H,3-4H2,1-2H3. The summed E-state index contributed by atoms with van der Waals surface area (Å²) in [5, 5.41) is 2.15. The Labute approximate surface area is 66.3 Å². The number of thioether (sulfide) groups is 1. The Balaban J connectivity index is 2.16. The van der Waals surface area contributed by atoms with E-state index in [1.807, 2.05) is 11.8 Å². The maximum Gasteiger partial charge on any atom is 0.0656 e. The van der Waals surface area contributed by atoms with Crippen LogP contribution in [0.3, 0.4) is 0 Å². The molecule has 1 nitrogen and oxygen atoms in total. The number of aliphatic imine (C=N–C) groups is 1. The average Bonchev–Trinajstić information content (AvgIpc) is 2.35. The minimum Gasteiger partial charge on any atom is -0.278 e. The summed E-state index contributed by atoms with van der Waals surface area (Å²) in [6.07, 6.45) is 2.77. The van der Waals surface area contributed by atoms with Gasteiger partial charge in [0.25, 0.3) is 0 Å². The van der Waals surface area contributed by atoms with E-state index in [2.05, 4.69) is 18.8 Å². The van der Waals surface area contributed by atoms with Crippen LogP contribution in [0.2, 0.25) is 0 Å². The Morgan fingerprint density at radius 3 is 3.00 bits per heavy atom. The van der Waals surface area contributed by atoms with Gasteiger partial charge in [0.1, 0.15) is 0 Å². The molecule has 3 unspecified atom stereocenters. The van der Waals surface area contributed by atoms with Crippen LogP contribution in [0.1, 0.15) is 26.7 Å². The van der Waals surface area contributed by atoms with Crippen LogP contribution in [0, 0.1) is 5.92 Å². The lowest BCUT2D eigenvalue weighted by atomic mass is 10.1. The summed E-state index contributed by atoms with van der Waals surface area (Å²) in [5.41, 5.74) is 0. The van der Waals surface area contributed by atoms with E-state index in [1.54, 1.807) is 0 Å². The molecule has 0 saturated heterocycles. The summed E-state index contributed by atoms with van der Waals surface area (Å²) in [5.74, 6) is 0.843. The lowest BCUT2D eigenvalue weighted by Crippen LogP contribution is -2.14. The fourth-order valence-corrected chi connectivity index (χ4v) is 3.28. The zero-order chi connectivity index (χ0) is 7.14. The highest BCUT2D eigenvalue weighted by atomic mass is 32.2. The quantitative estimate of drug-likeness (QED) is 0.523. The fourth-order valence-electron chi connectivity index (χ4n) is 1.93. The first-order valence-electron chi connectivity index (χ1n) is 3.98. The molecule has 1 heterocycles. The maximum absolute atomic E-state index is 4.61. The highest BCUT2D eigenvalue weighted by Crippen LogP contribution is 2.41. The third-order valence-electron chi connectivity index (χ3n) is 2.52. The summed E-state index contributed by atoms with van der Waals surface area (Å²) in [6.45, 7) is 4.46. The third kappa shape index (κ3) is 0.895. The van der Waals surface area contributed by atoms with E-state index in [0.29, 0.717) is 6.04 Å². The summed E-state index contributed by atoms with van der Waals surface area (Å²) < 4.78 is 0. The Morgan fingerprint density at radius 2 is 2.30 bits per heavy atom. The van der Waals surface area contributed by atoms with Crippen LogP contribution >= 0.6 is 11.8 Å². The summed E-state index contributed by atoms with van der Waals surface area (Å²) >= 11 is 1.99. The minimum absolute atomic E-state index is 0.671. The predicted octanol–water partition coefficient (Wildman–Crippen LogP) is 2.32. The Bertz CT molecular complexity index is 176. The van der Waals surface area contributed by atoms with E-state index in [9.17, 15) is 0 Å². The van der Waals surface area contributed by atoms with Crippen molar-refractivity contribution < 1.29 is 0 Å². The van der Waals surface area contributed by atoms with Gasteiger partial charge in [-0.3, -0.25) is 4.99 Å². The van der Waals surface area contributed by atoms with Gasteiger partial charge in [-0.05, 0) is 25.7 Å². The van der Waals surface area contributed by atoms with Gasteiger partial charge in [0.2, 0.25) is 0 Å². The fraction of sp³-hybridized carbons (Fsp3) is 0.875. The molecule has 0 aromatic rings. The molecule has 0 bridgehead atoms. The normalized spacial score (nSPS) is 45.4. The largest absolute Gasteiger partial charge is 0.278 e. The maximum atomic E-state index is 4.61. The van der Waals surface area contributed by atoms with Gasteiger partial charge in [-0.25, -0.2) is 0 Å². The molecule has 0 aromatic heterocycles. The van der Waals surface area contributed by atoms with Gasteiger partial charge in [0, 0.05) is 5.25 Å². The van der Waals surface area contributed by atoms with E-state index < -0.39 is 0 Å². The van der Waals surface area contributed by atoms with Crippen LogP contribution < -0.4 is 0 Å². The molecule has 0 N–H and O–H groups in total. The third-order valence-corrected chi connectivity index (χ3v) is 3.79. The van der Waals surface area contributed by atoms with Crippen molar-refractivity contribution in [2.75, 3.05) is 0 Å². The lowest BCUT2D eigenvalue weighted by Gasteiger charge is -2.08. The first kappa shape index (κ1) is 6.71. The summed E-state index contributed by atoms with van der Waals surface area (Å²) in [7, 11) is 0. The molecule has 1 aliphatic carbocycles. The number of nitrogens with zero attached hydrogens (tertiary/aromatic N) is 1. The van der Waals surface area contributed by atoms with E-state index >= 15 is 0 Å². The van der Waals surface area contributed by atoms with Crippen LogP contribution in [0.5, 0.6) is 0 Å². The topological polar surface area (TPSA) is 12.4 Å². The molecule has 2 aliphatic rings.